The number of pyridine rings is 1. The van der Waals surface area contributed by atoms with E-state index in [4.69, 9.17) is 0 Å². The highest BCUT2D eigenvalue weighted by Gasteiger charge is 2.13. The van der Waals surface area contributed by atoms with E-state index in [9.17, 15) is 0 Å². The van der Waals surface area contributed by atoms with Crippen molar-refractivity contribution in [1.29, 1.82) is 0 Å². The molecule has 1 aromatic heterocycles. The fraction of sp³-hybridized carbons (Fsp3) is 0.389. The lowest BCUT2D eigenvalue weighted by Crippen LogP contribution is -2.00. The molecule has 2 rings (SSSR count). The van der Waals surface area contributed by atoms with E-state index in [-0.39, 0.29) is 0 Å². The summed E-state index contributed by atoms with van der Waals surface area (Å²) in [5.74, 6) is 0.977. The van der Waals surface area contributed by atoms with Gasteiger partial charge in [-0.05, 0) is 29.5 Å². The molecule has 0 bridgehead atoms. The number of allylic oxidation sites excluding steroid dienone is 6. The Morgan fingerprint density at radius 3 is 2.68 bits per heavy atom. The van der Waals surface area contributed by atoms with Gasteiger partial charge in [-0.3, -0.25) is 4.98 Å². The fourth-order valence-electron chi connectivity index (χ4n) is 2.20. The van der Waals surface area contributed by atoms with Crippen molar-refractivity contribution in [1.82, 2.24) is 4.98 Å². The molecular weight excluding hydrogens is 230 g/mol. The van der Waals surface area contributed by atoms with E-state index in [1.807, 2.05) is 32.3 Å². The highest BCUT2D eigenvalue weighted by Crippen LogP contribution is 2.29. The lowest BCUT2D eigenvalue weighted by atomic mass is 9.89. The van der Waals surface area contributed by atoms with Crippen LogP contribution in [0.4, 0.5) is 0 Å². The van der Waals surface area contributed by atoms with E-state index >= 15 is 0 Å². The lowest BCUT2D eigenvalue weighted by molar-refractivity contribution is 0.770. The van der Waals surface area contributed by atoms with Crippen molar-refractivity contribution in [3.05, 3.63) is 66.0 Å². The van der Waals surface area contributed by atoms with Crippen molar-refractivity contribution in [2.75, 3.05) is 0 Å². The summed E-state index contributed by atoms with van der Waals surface area (Å²) in [5.41, 5.74) is 2.68. The summed E-state index contributed by atoms with van der Waals surface area (Å²) < 4.78 is 0. The molecule has 0 saturated carbocycles. The summed E-state index contributed by atoms with van der Waals surface area (Å²) >= 11 is 0. The van der Waals surface area contributed by atoms with E-state index in [1.165, 1.54) is 11.1 Å². The second-order valence-corrected chi connectivity index (χ2v) is 4.52. The molecule has 0 fully saturated rings. The largest absolute Gasteiger partial charge is 0.264 e. The van der Waals surface area contributed by atoms with Crippen LogP contribution < -0.4 is 0 Å². The highest BCUT2D eigenvalue weighted by atomic mass is 14.6. The van der Waals surface area contributed by atoms with Crippen LogP contribution in [0, 0.1) is 5.92 Å². The molecule has 2 atom stereocenters. The summed E-state index contributed by atoms with van der Waals surface area (Å²) in [7, 11) is 0. The maximum atomic E-state index is 4.22. The Morgan fingerprint density at radius 2 is 2.05 bits per heavy atom. The number of rotatable bonds is 3. The zero-order valence-electron chi connectivity index (χ0n) is 12.5. The maximum Gasteiger partial charge on any atom is 0.0306 e. The van der Waals surface area contributed by atoms with Gasteiger partial charge in [0.05, 0.1) is 0 Å². The predicted molar refractivity (Wildman–Crippen MR) is 84.1 cm³/mol. The van der Waals surface area contributed by atoms with Crippen LogP contribution in [0.2, 0.25) is 0 Å². The standard InChI is InChI=1S/C16H19N.C2H6/c1-3-16(15-8-5-11-17-12-15)14-7-4-6-13(2)9-10-14;1-2/h4-13,16H,3H2,1-2H3;1-2H3. The monoisotopic (exact) mass is 255 g/mol. The van der Waals surface area contributed by atoms with E-state index in [2.05, 4.69) is 55.3 Å². The van der Waals surface area contributed by atoms with Crippen molar-refractivity contribution in [2.24, 2.45) is 5.92 Å². The van der Waals surface area contributed by atoms with Crippen molar-refractivity contribution in [3.63, 3.8) is 0 Å². The van der Waals surface area contributed by atoms with Crippen LogP contribution in [0.15, 0.2) is 60.5 Å². The molecule has 0 amide bonds. The van der Waals surface area contributed by atoms with Crippen LogP contribution in [0.1, 0.15) is 45.6 Å². The smallest absolute Gasteiger partial charge is 0.0306 e. The Labute approximate surface area is 117 Å². The number of hydrogen-bond acceptors (Lipinski definition) is 1. The van der Waals surface area contributed by atoms with E-state index in [0.717, 1.165) is 6.42 Å². The van der Waals surface area contributed by atoms with Crippen LogP contribution in [-0.4, -0.2) is 4.98 Å². The maximum absolute atomic E-state index is 4.22. The summed E-state index contributed by atoms with van der Waals surface area (Å²) in [4.78, 5) is 4.22. The van der Waals surface area contributed by atoms with Gasteiger partial charge in [0.25, 0.3) is 0 Å². The molecule has 1 aliphatic carbocycles. The van der Waals surface area contributed by atoms with Crippen molar-refractivity contribution in [3.8, 4) is 0 Å². The molecule has 1 aliphatic rings. The van der Waals surface area contributed by atoms with Gasteiger partial charge in [-0.1, -0.05) is 64.1 Å². The average molecular weight is 255 g/mol. The highest BCUT2D eigenvalue weighted by molar-refractivity contribution is 5.38. The second kappa shape index (κ2) is 8.47. The summed E-state index contributed by atoms with van der Waals surface area (Å²) in [6.45, 7) is 8.43. The normalized spacial score (nSPS) is 18.9. The Bertz CT molecular complexity index is 440. The van der Waals surface area contributed by atoms with Gasteiger partial charge in [-0.25, -0.2) is 0 Å². The topological polar surface area (TPSA) is 12.9 Å². The Hall–Kier alpha value is -1.63. The minimum Gasteiger partial charge on any atom is -0.264 e. The van der Waals surface area contributed by atoms with Crippen LogP contribution in [0.5, 0.6) is 0 Å². The first kappa shape index (κ1) is 15.4. The van der Waals surface area contributed by atoms with Gasteiger partial charge in [0, 0.05) is 18.3 Å². The summed E-state index contributed by atoms with van der Waals surface area (Å²) in [6.07, 6.45) is 16.0. The first-order chi connectivity index (χ1) is 9.31. The first-order valence-electron chi connectivity index (χ1n) is 7.27. The van der Waals surface area contributed by atoms with Gasteiger partial charge in [0.2, 0.25) is 0 Å². The minimum atomic E-state index is 0.454. The van der Waals surface area contributed by atoms with Crippen LogP contribution >= 0.6 is 0 Å². The molecule has 19 heavy (non-hydrogen) atoms. The molecule has 2 unspecified atom stereocenters. The summed E-state index contributed by atoms with van der Waals surface area (Å²) in [6, 6.07) is 4.17. The summed E-state index contributed by atoms with van der Waals surface area (Å²) in [5, 5.41) is 0. The molecule has 102 valence electrons. The number of hydrogen-bond donors (Lipinski definition) is 0. The number of nitrogens with zero attached hydrogens (tertiary/aromatic N) is 1. The quantitative estimate of drug-likeness (QED) is 0.715. The Morgan fingerprint density at radius 1 is 1.26 bits per heavy atom. The Balaban J connectivity index is 0.000000861. The van der Waals surface area contributed by atoms with Crippen LogP contribution in [0.25, 0.3) is 0 Å². The predicted octanol–water partition coefficient (Wildman–Crippen LogP) is 5.29. The van der Waals surface area contributed by atoms with Gasteiger partial charge in [-0.15, -0.1) is 0 Å². The van der Waals surface area contributed by atoms with Crippen molar-refractivity contribution in [2.45, 2.75) is 40.0 Å². The minimum absolute atomic E-state index is 0.454. The van der Waals surface area contributed by atoms with Crippen molar-refractivity contribution >= 4 is 0 Å². The van der Waals surface area contributed by atoms with E-state index in [1.54, 1.807) is 0 Å². The molecule has 0 aliphatic heterocycles. The van der Waals surface area contributed by atoms with Crippen molar-refractivity contribution < 1.29 is 0 Å². The van der Waals surface area contributed by atoms with Gasteiger partial charge in [0.1, 0.15) is 0 Å². The Kier molecular flexibility index (Phi) is 6.88. The average Bonchev–Trinajstić information content (AvgIpc) is 2.68. The molecule has 0 aromatic carbocycles. The molecule has 1 aromatic rings. The van der Waals surface area contributed by atoms with Crippen LogP contribution in [0.3, 0.4) is 0 Å². The van der Waals surface area contributed by atoms with Gasteiger partial charge in [0.15, 0.2) is 0 Å². The van der Waals surface area contributed by atoms with E-state index in [0.29, 0.717) is 11.8 Å². The third-order valence-electron chi connectivity index (χ3n) is 3.19. The molecule has 0 saturated heterocycles. The van der Waals surface area contributed by atoms with Gasteiger partial charge < -0.3 is 0 Å². The van der Waals surface area contributed by atoms with Gasteiger partial charge >= 0.3 is 0 Å². The third-order valence-corrected chi connectivity index (χ3v) is 3.19. The molecule has 1 heterocycles. The van der Waals surface area contributed by atoms with Crippen LogP contribution in [-0.2, 0) is 0 Å². The SMILES string of the molecule is CC.CCC(C1=CC=CC(C)C=C1)c1cccnc1. The van der Waals surface area contributed by atoms with E-state index < -0.39 is 0 Å². The molecule has 0 radical (unpaired) electrons. The lowest BCUT2D eigenvalue weighted by Gasteiger charge is -2.16. The third kappa shape index (κ3) is 4.51. The molecule has 0 N–H and O–H groups in total. The zero-order chi connectivity index (χ0) is 14.1. The fourth-order valence-corrected chi connectivity index (χ4v) is 2.20. The van der Waals surface area contributed by atoms with Gasteiger partial charge in [-0.2, -0.15) is 0 Å². The molecule has 1 heteroatoms. The molecule has 0 spiro atoms. The second-order valence-electron chi connectivity index (χ2n) is 4.52. The zero-order valence-corrected chi connectivity index (χ0v) is 12.5. The first-order valence-corrected chi connectivity index (χ1v) is 7.27. The molecular formula is C18H25N. The molecule has 1 nitrogen and oxygen atoms in total. The number of aromatic nitrogens is 1.